The van der Waals surface area contributed by atoms with Crippen LogP contribution in [-0.4, -0.2) is 88.4 Å². The largest absolute Gasteiger partial charge is 0.495 e. The molecule has 0 spiro atoms. The highest BCUT2D eigenvalue weighted by molar-refractivity contribution is 5.95. The maximum atomic E-state index is 13.1. The van der Waals surface area contributed by atoms with Gasteiger partial charge in [-0.2, -0.15) is 0 Å². The molecule has 0 aromatic heterocycles. The smallest absolute Gasteiger partial charge is 0.321 e. The van der Waals surface area contributed by atoms with Crippen molar-refractivity contribution in [3.63, 3.8) is 0 Å². The lowest BCUT2D eigenvalue weighted by molar-refractivity contribution is 0.207. The monoisotopic (exact) mass is 558 g/mol. The Bertz CT molecular complexity index is 1270. The number of anilines is 4. The Labute approximate surface area is 241 Å². The summed E-state index contributed by atoms with van der Waals surface area (Å²) in [5.41, 5.74) is 4.25. The number of carbonyl (C=O) groups excluding carboxylic acids is 2. The first-order chi connectivity index (χ1) is 20.0. The van der Waals surface area contributed by atoms with Gasteiger partial charge in [-0.1, -0.05) is 30.3 Å². The molecule has 4 amide bonds. The van der Waals surface area contributed by atoms with Crippen LogP contribution in [0.1, 0.15) is 5.56 Å². The van der Waals surface area contributed by atoms with Crippen LogP contribution in [-0.2, 0) is 0 Å². The third-order valence-electron chi connectivity index (χ3n) is 7.80. The highest BCUT2D eigenvalue weighted by Crippen LogP contribution is 2.30. The van der Waals surface area contributed by atoms with Crippen molar-refractivity contribution in [3.05, 3.63) is 72.3 Å². The molecular formula is C31H38N6O4. The number of hydrogen-bond donors (Lipinski definition) is 2. The molecule has 2 aliphatic rings. The zero-order valence-electron chi connectivity index (χ0n) is 23.9. The van der Waals surface area contributed by atoms with Crippen molar-refractivity contribution in [1.29, 1.82) is 0 Å². The molecule has 3 aromatic rings. The van der Waals surface area contributed by atoms with Crippen molar-refractivity contribution in [3.8, 4) is 11.5 Å². The van der Waals surface area contributed by atoms with Crippen LogP contribution < -0.4 is 29.9 Å². The number of nitrogens with one attached hydrogen (secondary N) is 2. The number of methoxy groups -OCH3 is 2. The standard InChI is InChI=1S/C31H38N6O4/c1-23-24(32-30(38)36-19-15-34(16-20-36)26-11-4-6-13-28(26)40-2)9-8-10-25(23)33-31(39)37-21-17-35(18-22-37)27-12-5-7-14-29(27)41-3/h4-14H,15-22H2,1-3H3,(H,32,38)(H,33,39). The van der Waals surface area contributed by atoms with Crippen LogP contribution in [0.3, 0.4) is 0 Å². The van der Waals surface area contributed by atoms with Gasteiger partial charge >= 0.3 is 12.1 Å². The number of para-hydroxylation sites is 4. The van der Waals surface area contributed by atoms with Crippen molar-refractivity contribution >= 4 is 34.8 Å². The molecule has 0 bridgehead atoms. The van der Waals surface area contributed by atoms with Gasteiger partial charge in [-0.15, -0.1) is 0 Å². The number of nitrogens with zero attached hydrogens (tertiary/aromatic N) is 4. The summed E-state index contributed by atoms with van der Waals surface area (Å²) in [5, 5.41) is 6.09. The predicted octanol–water partition coefficient (Wildman–Crippen LogP) is 4.72. The van der Waals surface area contributed by atoms with E-state index in [0.29, 0.717) is 63.7 Å². The summed E-state index contributed by atoms with van der Waals surface area (Å²) < 4.78 is 11.0. The molecule has 2 heterocycles. The number of hydrogen-bond acceptors (Lipinski definition) is 6. The Morgan fingerprint density at radius 1 is 0.585 bits per heavy atom. The molecule has 0 saturated carbocycles. The fourth-order valence-corrected chi connectivity index (χ4v) is 5.38. The van der Waals surface area contributed by atoms with E-state index in [1.165, 1.54) is 0 Å². The van der Waals surface area contributed by atoms with Gasteiger partial charge in [-0.05, 0) is 48.9 Å². The van der Waals surface area contributed by atoms with Crippen LogP contribution in [0.4, 0.5) is 32.3 Å². The first kappa shape index (κ1) is 27.9. The second kappa shape index (κ2) is 12.7. The van der Waals surface area contributed by atoms with Crippen LogP contribution in [0.5, 0.6) is 11.5 Å². The maximum absolute atomic E-state index is 13.1. The second-order valence-electron chi connectivity index (χ2n) is 10.1. The van der Waals surface area contributed by atoms with Gasteiger partial charge in [0.15, 0.2) is 0 Å². The average Bonchev–Trinajstić information content (AvgIpc) is 3.03. The van der Waals surface area contributed by atoms with Gasteiger partial charge in [0.1, 0.15) is 11.5 Å². The predicted molar refractivity (Wildman–Crippen MR) is 163 cm³/mol. The number of urea groups is 2. The summed E-state index contributed by atoms with van der Waals surface area (Å²) >= 11 is 0. The van der Waals surface area contributed by atoms with Crippen LogP contribution >= 0.6 is 0 Å². The average molecular weight is 559 g/mol. The minimum Gasteiger partial charge on any atom is -0.495 e. The van der Waals surface area contributed by atoms with Crippen molar-refractivity contribution in [2.45, 2.75) is 6.92 Å². The van der Waals surface area contributed by atoms with Gasteiger partial charge in [-0.25, -0.2) is 9.59 Å². The third kappa shape index (κ3) is 6.26. The number of carbonyl (C=O) groups is 2. The summed E-state index contributed by atoms with van der Waals surface area (Å²) in [7, 11) is 3.34. The Balaban J connectivity index is 1.15. The van der Waals surface area contributed by atoms with E-state index < -0.39 is 0 Å². The van der Waals surface area contributed by atoms with Gasteiger partial charge in [0.2, 0.25) is 0 Å². The molecule has 2 saturated heterocycles. The quantitative estimate of drug-likeness (QED) is 0.455. The molecule has 216 valence electrons. The minimum absolute atomic E-state index is 0.149. The van der Waals surface area contributed by atoms with E-state index in [1.807, 2.05) is 83.5 Å². The molecule has 3 aromatic carbocycles. The molecular weight excluding hydrogens is 520 g/mol. The molecule has 41 heavy (non-hydrogen) atoms. The number of benzene rings is 3. The summed E-state index contributed by atoms with van der Waals surface area (Å²) in [5.74, 6) is 1.66. The van der Waals surface area contributed by atoms with E-state index in [2.05, 4.69) is 20.4 Å². The third-order valence-corrected chi connectivity index (χ3v) is 7.80. The molecule has 10 nitrogen and oxygen atoms in total. The minimum atomic E-state index is -0.149. The Morgan fingerprint density at radius 3 is 1.37 bits per heavy atom. The Hall–Kier alpha value is -4.60. The summed E-state index contributed by atoms with van der Waals surface area (Å²) in [6, 6.07) is 21.1. The van der Waals surface area contributed by atoms with E-state index in [0.717, 1.165) is 28.4 Å². The highest BCUT2D eigenvalue weighted by Gasteiger charge is 2.25. The topological polar surface area (TPSA) is 89.6 Å². The fourth-order valence-electron chi connectivity index (χ4n) is 5.38. The van der Waals surface area contributed by atoms with Crippen molar-refractivity contribution in [2.24, 2.45) is 0 Å². The zero-order valence-corrected chi connectivity index (χ0v) is 23.9. The van der Waals surface area contributed by atoms with Gasteiger partial charge in [0.05, 0.1) is 25.6 Å². The fraction of sp³-hybridized carbons (Fsp3) is 0.355. The first-order valence-corrected chi connectivity index (χ1v) is 14.0. The zero-order chi connectivity index (χ0) is 28.8. The second-order valence-corrected chi connectivity index (χ2v) is 10.1. The summed E-state index contributed by atoms with van der Waals surface area (Å²) in [6.07, 6.45) is 0. The number of rotatable bonds is 6. The lowest BCUT2D eigenvalue weighted by Crippen LogP contribution is -2.50. The molecule has 2 fully saturated rings. The molecule has 0 unspecified atom stereocenters. The number of amides is 4. The molecule has 0 radical (unpaired) electrons. The van der Waals surface area contributed by atoms with Gasteiger partial charge in [-0.3, -0.25) is 0 Å². The summed E-state index contributed by atoms with van der Waals surface area (Å²) in [4.78, 5) is 34.4. The van der Waals surface area contributed by atoms with Crippen LogP contribution in [0.25, 0.3) is 0 Å². The SMILES string of the molecule is COc1ccccc1N1CCN(C(=O)Nc2cccc(NC(=O)N3CCN(c4ccccc4OC)CC3)c2C)CC1. The molecule has 10 heteroatoms. The Kier molecular flexibility index (Phi) is 8.67. The van der Waals surface area contributed by atoms with Gasteiger partial charge < -0.3 is 39.7 Å². The van der Waals surface area contributed by atoms with Crippen molar-refractivity contribution in [1.82, 2.24) is 9.80 Å². The van der Waals surface area contributed by atoms with Crippen LogP contribution in [0, 0.1) is 6.92 Å². The first-order valence-electron chi connectivity index (χ1n) is 14.0. The van der Waals surface area contributed by atoms with E-state index in [-0.39, 0.29) is 12.1 Å². The van der Waals surface area contributed by atoms with E-state index in [1.54, 1.807) is 14.2 Å². The molecule has 5 rings (SSSR count). The van der Waals surface area contributed by atoms with Gasteiger partial charge in [0, 0.05) is 63.7 Å². The summed E-state index contributed by atoms with van der Waals surface area (Å²) in [6.45, 7) is 7.16. The van der Waals surface area contributed by atoms with Crippen LogP contribution in [0.2, 0.25) is 0 Å². The van der Waals surface area contributed by atoms with E-state index in [9.17, 15) is 9.59 Å². The normalized spacial score (nSPS) is 15.4. The van der Waals surface area contributed by atoms with Crippen molar-refractivity contribution < 1.29 is 19.1 Å². The molecule has 0 aliphatic carbocycles. The molecule has 2 N–H and O–H groups in total. The lowest BCUT2D eigenvalue weighted by atomic mass is 10.1. The number of ether oxygens (including phenoxy) is 2. The highest BCUT2D eigenvalue weighted by atomic mass is 16.5. The van der Waals surface area contributed by atoms with E-state index in [4.69, 9.17) is 9.47 Å². The Morgan fingerprint density at radius 2 is 0.976 bits per heavy atom. The van der Waals surface area contributed by atoms with E-state index >= 15 is 0 Å². The lowest BCUT2D eigenvalue weighted by Gasteiger charge is -2.37. The number of piperazine rings is 2. The molecule has 2 aliphatic heterocycles. The molecule has 0 atom stereocenters. The van der Waals surface area contributed by atoms with Gasteiger partial charge in [0.25, 0.3) is 0 Å². The van der Waals surface area contributed by atoms with Crippen LogP contribution in [0.15, 0.2) is 66.7 Å². The maximum Gasteiger partial charge on any atom is 0.321 e. The van der Waals surface area contributed by atoms with Crippen molar-refractivity contribution in [2.75, 3.05) is 87.0 Å².